The van der Waals surface area contributed by atoms with Crippen LogP contribution in [-0.4, -0.2) is 34.5 Å². The van der Waals surface area contributed by atoms with E-state index in [1.54, 1.807) is 6.92 Å². The van der Waals surface area contributed by atoms with Crippen molar-refractivity contribution in [3.63, 3.8) is 0 Å². The van der Waals surface area contributed by atoms with Crippen LogP contribution in [0.5, 0.6) is 0 Å². The smallest absolute Gasteiger partial charge is 0.240 e. The Labute approximate surface area is 128 Å². The summed E-state index contributed by atoms with van der Waals surface area (Å²) in [5, 5.41) is 17.2. The summed E-state index contributed by atoms with van der Waals surface area (Å²) in [4.78, 5) is 4.05. The second-order valence-electron chi connectivity index (χ2n) is 4.66. The number of aryl methyl sites for hydroxylation is 1. The van der Waals surface area contributed by atoms with Gasteiger partial charge in [0.05, 0.1) is 25.9 Å². The normalized spacial score (nSPS) is 12.5. The molecular formula is C14H18ClN3O3. The number of halogens is 1. The van der Waals surface area contributed by atoms with Gasteiger partial charge in [0.25, 0.3) is 0 Å². The first-order chi connectivity index (χ1) is 10.1. The van der Waals surface area contributed by atoms with Crippen LogP contribution in [0.1, 0.15) is 17.3 Å². The van der Waals surface area contributed by atoms with E-state index in [9.17, 15) is 5.11 Å². The van der Waals surface area contributed by atoms with Gasteiger partial charge < -0.3 is 19.7 Å². The molecule has 1 atom stereocenters. The van der Waals surface area contributed by atoms with Crippen molar-refractivity contribution < 1.29 is 14.4 Å². The lowest BCUT2D eigenvalue weighted by Crippen LogP contribution is -2.30. The molecule has 0 aliphatic carbocycles. The fourth-order valence-corrected chi connectivity index (χ4v) is 1.84. The number of rotatable bonds is 8. The standard InChI is InChI=1S/C14H18ClN3O3/c1-10-17-14(21-18-10)7-16-6-13(19)9-20-8-11-2-4-12(15)5-3-11/h2-5,13,16,19H,6-9H2,1H3. The van der Waals surface area contributed by atoms with Gasteiger partial charge in [-0.05, 0) is 24.6 Å². The minimum atomic E-state index is -0.596. The molecule has 2 rings (SSSR count). The molecule has 7 heteroatoms. The van der Waals surface area contributed by atoms with Gasteiger partial charge in [-0.3, -0.25) is 0 Å². The Bertz CT molecular complexity index is 545. The molecule has 0 fully saturated rings. The number of ether oxygens (including phenoxy) is 1. The molecule has 0 saturated carbocycles. The van der Waals surface area contributed by atoms with Crippen molar-refractivity contribution in [2.75, 3.05) is 13.2 Å². The third kappa shape index (κ3) is 5.81. The minimum Gasteiger partial charge on any atom is -0.389 e. The van der Waals surface area contributed by atoms with Crippen LogP contribution in [0.15, 0.2) is 28.8 Å². The second kappa shape index (κ2) is 8.09. The van der Waals surface area contributed by atoms with E-state index in [1.165, 1.54) is 0 Å². The lowest BCUT2D eigenvalue weighted by molar-refractivity contribution is 0.0284. The van der Waals surface area contributed by atoms with Crippen molar-refractivity contribution in [3.05, 3.63) is 46.6 Å². The maximum absolute atomic E-state index is 9.78. The van der Waals surface area contributed by atoms with Crippen molar-refractivity contribution in [1.82, 2.24) is 15.5 Å². The third-order valence-electron chi connectivity index (χ3n) is 2.72. The molecule has 1 unspecified atom stereocenters. The zero-order valence-corrected chi connectivity index (χ0v) is 12.5. The van der Waals surface area contributed by atoms with E-state index in [0.717, 1.165) is 5.56 Å². The summed E-state index contributed by atoms with van der Waals surface area (Å²) in [7, 11) is 0. The number of hydrogen-bond acceptors (Lipinski definition) is 6. The highest BCUT2D eigenvalue weighted by molar-refractivity contribution is 6.30. The lowest BCUT2D eigenvalue weighted by atomic mass is 10.2. The summed E-state index contributed by atoms with van der Waals surface area (Å²) < 4.78 is 10.4. The van der Waals surface area contributed by atoms with E-state index in [2.05, 4.69) is 15.5 Å². The van der Waals surface area contributed by atoms with Gasteiger partial charge >= 0.3 is 0 Å². The van der Waals surface area contributed by atoms with E-state index in [1.807, 2.05) is 24.3 Å². The molecule has 0 saturated heterocycles. The molecule has 0 radical (unpaired) electrons. The molecule has 1 heterocycles. The van der Waals surface area contributed by atoms with Gasteiger partial charge in [-0.15, -0.1) is 0 Å². The molecule has 2 aromatic rings. The number of benzene rings is 1. The van der Waals surface area contributed by atoms with Gasteiger partial charge in [0.1, 0.15) is 0 Å². The van der Waals surface area contributed by atoms with E-state index < -0.39 is 6.10 Å². The lowest BCUT2D eigenvalue weighted by Gasteiger charge is -2.11. The highest BCUT2D eigenvalue weighted by Gasteiger charge is 2.06. The van der Waals surface area contributed by atoms with Gasteiger partial charge in [0, 0.05) is 11.6 Å². The van der Waals surface area contributed by atoms with Crippen molar-refractivity contribution >= 4 is 11.6 Å². The van der Waals surface area contributed by atoms with Crippen molar-refractivity contribution in [2.45, 2.75) is 26.2 Å². The molecule has 1 aromatic heterocycles. The largest absolute Gasteiger partial charge is 0.389 e. The molecule has 0 aliphatic rings. The quantitative estimate of drug-likeness (QED) is 0.772. The molecule has 21 heavy (non-hydrogen) atoms. The monoisotopic (exact) mass is 311 g/mol. The minimum absolute atomic E-state index is 0.248. The Morgan fingerprint density at radius 1 is 1.38 bits per heavy atom. The highest BCUT2D eigenvalue weighted by atomic mass is 35.5. The average molecular weight is 312 g/mol. The molecule has 114 valence electrons. The molecule has 1 aromatic carbocycles. The van der Waals surface area contributed by atoms with Crippen LogP contribution in [0.3, 0.4) is 0 Å². The van der Waals surface area contributed by atoms with Crippen LogP contribution < -0.4 is 5.32 Å². The average Bonchev–Trinajstić information content (AvgIpc) is 2.87. The third-order valence-corrected chi connectivity index (χ3v) is 2.97. The van der Waals surface area contributed by atoms with Gasteiger partial charge in [-0.25, -0.2) is 0 Å². The van der Waals surface area contributed by atoms with E-state index in [4.69, 9.17) is 20.9 Å². The van der Waals surface area contributed by atoms with Crippen LogP contribution >= 0.6 is 11.6 Å². The van der Waals surface area contributed by atoms with E-state index >= 15 is 0 Å². The number of aliphatic hydroxyl groups is 1. The predicted octanol–water partition coefficient (Wildman–Crippen LogP) is 1.70. The van der Waals surface area contributed by atoms with Crippen molar-refractivity contribution in [1.29, 1.82) is 0 Å². The van der Waals surface area contributed by atoms with E-state index in [-0.39, 0.29) is 6.61 Å². The number of aliphatic hydroxyl groups excluding tert-OH is 1. The molecular weight excluding hydrogens is 294 g/mol. The summed E-state index contributed by atoms with van der Waals surface area (Å²) in [5.41, 5.74) is 1.01. The predicted molar refractivity (Wildman–Crippen MR) is 77.9 cm³/mol. The van der Waals surface area contributed by atoms with Gasteiger partial charge in [-0.2, -0.15) is 4.98 Å². The summed E-state index contributed by atoms with van der Waals surface area (Å²) in [6.07, 6.45) is -0.596. The topological polar surface area (TPSA) is 80.4 Å². The molecule has 0 bridgehead atoms. The Hall–Kier alpha value is -1.47. The first-order valence-corrected chi connectivity index (χ1v) is 7.01. The summed E-state index contributed by atoms with van der Waals surface area (Å²) in [5.74, 6) is 1.10. The summed E-state index contributed by atoms with van der Waals surface area (Å²) in [6, 6.07) is 7.41. The maximum Gasteiger partial charge on any atom is 0.240 e. The Balaban J connectivity index is 1.59. The van der Waals surface area contributed by atoms with Gasteiger partial charge in [-0.1, -0.05) is 28.9 Å². The van der Waals surface area contributed by atoms with Crippen LogP contribution in [0.2, 0.25) is 5.02 Å². The van der Waals surface area contributed by atoms with Gasteiger partial charge in [0.2, 0.25) is 5.89 Å². The number of hydrogen-bond donors (Lipinski definition) is 2. The van der Waals surface area contributed by atoms with Crippen LogP contribution in [0.4, 0.5) is 0 Å². The molecule has 0 amide bonds. The molecule has 6 nitrogen and oxygen atoms in total. The number of aromatic nitrogens is 2. The van der Waals surface area contributed by atoms with Crippen LogP contribution in [0, 0.1) is 6.92 Å². The highest BCUT2D eigenvalue weighted by Crippen LogP contribution is 2.10. The summed E-state index contributed by atoms with van der Waals surface area (Å²) in [6.45, 7) is 3.26. The van der Waals surface area contributed by atoms with Crippen molar-refractivity contribution in [3.8, 4) is 0 Å². The SMILES string of the molecule is Cc1noc(CNCC(O)COCc2ccc(Cl)cc2)n1. The zero-order chi connectivity index (χ0) is 15.1. The molecule has 0 aliphatic heterocycles. The second-order valence-corrected chi connectivity index (χ2v) is 5.10. The van der Waals surface area contributed by atoms with E-state index in [0.29, 0.717) is 36.4 Å². The Morgan fingerprint density at radius 3 is 2.81 bits per heavy atom. The number of nitrogens with one attached hydrogen (secondary N) is 1. The fourth-order valence-electron chi connectivity index (χ4n) is 1.71. The van der Waals surface area contributed by atoms with Crippen molar-refractivity contribution in [2.24, 2.45) is 0 Å². The van der Waals surface area contributed by atoms with Crippen LogP contribution in [0.25, 0.3) is 0 Å². The first-order valence-electron chi connectivity index (χ1n) is 6.63. The fraction of sp³-hybridized carbons (Fsp3) is 0.429. The Kier molecular flexibility index (Phi) is 6.13. The zero-order valence-electron chi connectivity index (χ0n) is 11.8. The maximum atomic E-state index is 9.78. The molecule has 0 spiro atoms. The Morgan fingerprint density at radius 2 is 2.14 bits per heavy atom. The summed E-state index contributed by atoms with van der Waals surface area (Å²) >= 11 is 5.80. The first kappa shape index (κ1) is 15.9. The van der Waals surface area contributed by atoms with Crippen LogP contribution in [-0.2, 0) is 17.9 Å². The van der Waals surface area contributed by atoms with Gasteiger partial charge in [0.15, 0.2) is 5.82 Å². The number of nitrogens with zero attached hydrogens (tertiary/aromatic N) is 2. The molecule has 2 N–H and O–H groups in total.